The zero-order valence-electron chi connectivity index (χ0n) is 11.4. The van der Waals surface area contributed by atoms with Gasteiger partial charge in [-0.05, 0) is 26.7 Å². The van der Waals surface area contributed by atoms with Crippen LogP contribution >= 0.6 is 0 Å². The zero-order chi connectivity index (χ0) is 14.7. The van der Waals surface area contributed by atoms with Crippen molar-refractivity contribution in [2.75, 3.05) is 6.54 Å². The fourth-order valence-electron chi connectivity index (χ4n) is 2.23. The molecule has 1 aliphatic carbocycles. The van der Waals surface area contributed by atoms with Crippen molar-refractivity contribution >= 4 is 17.6 Å². The Hall–Kier alpha value is -1.79. The van der Waals surface area contributed by atoms with Crippen LogP contribution < -0.4 is 16.8 Å². The molecule has 1 aliphatic rings. The highest BCUT2D eigenvalue weighted by atomic mass is 16.4. The average Bonchev–Trinajstić information content (AvgIpc) is 2.85. The summed E-state index contributed by atoms with van der Waals surface area (Å²) in [5.74, 6) is -0.869. The van der Waals surface area contributed by atoms with Gasteiger partial charge in [0.1, 0.15) is 5.41 Å². The van der Waals surface area contributed by atoms with Gasteiger partial charge in [0.2, 0.25) is 11.8 Å². The summed E-state index contributed by atoms with van der Waals surface area (Å²) in [6.45, 7) is 3.43. The Bertz CT molecular complexity index is 398. The lowest BCUT2D eigenvalue weighted by molar-refractivity contribution is -0.129. The van der Waals surface area contributed by atoms with Crippen molar-refractivity contribution in [2.45, 2.75) is 39.5 Å². The number of amidine groups is 1. The van der Waals surface area contributed by atoms with E-state index in [0.29, 0.717) is 12.8 Å². The largest absolute Gasteiger partial charge is 0.409 e. The van der Waals surface area contributed by atoms with Crippen molar-refractivity contribution < 1.29 is 14.8 Å². The van der Waals surface area contributed by atoms with E-state index in [-0.39, 0.29) is 18.3 Å². The Morgan fingerprint density at radius 2 is 1.84 bits per heavy atom. The van der Waals surface area contributed by atoms with E-state index in [1.165, 1.54) is 0 Å². The minimum absolute atomic E-state index is 0.0700. The van der Waals surface area contributed by atoms with Gasteiger partial charge in [-0.1, -0.05) is 18.0 Å². The van der Waals surface area contributed by atoms with Crippen molar-refractivity contribution in [3.8, 4) is 0 Å². The van der Waals surface area contributed by atoms with Gasteiger partial charge in [-0.3, -0.25) is 9.59 Å². The van der Waals surface area contributed by atoms with Gasteiger partial charge in [0, 0.05) is 6.54 Å². The maximum absolute atomic E-state index is 12.3. The van der Waals surface area contributed by atoms with E-state index in [9.17, 15) is 9.59 Å². The molecular weight excluding hydrogens is 248 g/mol. The first-order valence-corrected chi connectivity index (χ1v) is 6.32. The van der Waals surface area contributed by atoms with E-state index in [0.717, 1.165) is 12.8 Å². The third kappa shape index (κ3) is 2.97. The molecule has 7 heteroatoms. The Morgan fingerprint density at radius 3 is 2.26 bits per heavy atom. The summed E-state index contributed by atoms with van der Waals surface area (Å²) in [5, 5.41) is 14.5. The molecule has 19 heavy (non-hydrogen) atoms. The van der Waals surface area contributed by atoms with Gasteiger partial charge in [-0.2, -0.15) is 0 Å². The molecule has 0 aromatic carbocycles. The number of oxime groups is 1. The number of nitrogens with zero attached hydrogens (tertiary/aromatic N) is 1. The lowest BCUT2D eigenvalue weighted by Crippen LogP contribution is -2.51. The highest BCUT2D eigenvalue weighted by molar-refractivity contribution is 6.07. The average molecular weight is 270 g/mol. The van der Waals surface area contributed by atoms with Gasteiger partial charge >= 0.3 is 0 Å². The van der Waals surface area contributed by atoms with E-state index in [1.807, 2.05) is 0 Å². The smallest absolute Gasteiger partial charge is 0.233 e. The molecule has 7 nitrogen and oxygen atoms in total. The number of rotatable bonds is 5. The van der Waals surface area contributed by atoms with Crippen LogP contribution in [0.5, 0.6) is 0 Å². The van der Waals surface area contributed by atoms with Crippen molar-refractivity contribution in [3.05, 3.63) is 0 Å². The van der Waals surface area contributed by atoms with Crippen LogP contribution in [0.15, 0.2) is 5.16 Å². The molecule has 108 valence electrons. The molecule has 0 radical (unpaired) electrons. The van der Waals surface area contributed by atoms with Crippen molar-refractivity contribution in [1.82, 2.24) is 5.32 Å². The summed E-state index contributed by atoms with van der Waals surface area (Å²) in [6.07, 6.45) is 2.79. The standard InChI is InChI=1S/C12H22N4O3/c1-11(2,9(14)17)7-15-10(18)12(8(13)16-19)5-3-4-6-12/h19H,3-7H2,1-2H3,(H2,13,16)(H2,14,17)(H,15,18). The zero-order valence-corrected chi connectivity index (χ0v) is 11.4. The lowest BCUT2D eigenvalue weighted by Gasteiger charge is -2.28. The van der Waals surface area contributed by atoms with Gasteiger partial charge in [0.15, 0.2) is 5.84 Å². The lowest BCUT2D eigenvalue weighted by atomic mass is 9.83. The monoisotopic (exact) mass is 270 g/mol. The summed E-state index contributed by atoms with van der Waals surface area (Å²) in [4.78, 5) is 23.5. The van der Waals surface area contributed by atoms with Crippen LogP contribution in [0.4, 0.5) is 0 Å². The second-order valence-electron chi connectivity index (χ2n) is 5.71. The third-order valence-corrected chi connectivity index (χ3v) is 3.85. The first-order chi connectivity index (χ1) is 8.76. The number of primary amides is 1. The predicted molar refractivity (Wildman–Crippen MR) is 70.3 cm³/mol. The molecule has 6 N–H and O–H groups in total. The van der Waals surface area contributed by atoms with E-state index >= 15 is 0 Å². The molecule has 0 bridgehead atoms. The second kappa shape index (κ2) is 5.46. The minimum atomic E-state index is -0.956. The number of nitrogens with one attached hydrogen (secondary N) is 1. The highest BCUT2D eigenvalue weighted by Gasteiger charge is 2.45. The van der Waals surface area contributed by atoms with Gasteiger partial charge in [-0.25, -0.2) is 0 Å². The SMILES string of the molecule is CC(C)(CNC(=O)C1(C(N)=NO)CCCC1)C(N)=O. The van der Waals surface area contributed by atoms with Gasteiger partial charge in [-0.15, -0.1) is 0 Å². The van der Waals surface area contributed by atoms with Crippen molar-refractivity contribution in [1.29, 1.82) is 0 Å². The maximum Gasteiger partial charge on any atom is 0.233 e. The van der Waals surface area contributed by atoms with Gasteiger partial charge < -0.3 is 22.0 Å². The summed E-state index contributed by atoms with van der Waals surface area (Å²) >= 11 is 0. The number of carbonyl (C=O) groups is 2. The Balaban J connectivity index is 2.78. The van der Waals surface area contributed by atoms with Crippen molar-refractivity contribution in [3.63, 3.8) is 0 Å². The van der Waals surface area contributed by atoms with Crippen LogP contribution in [0.1, 0.15) is 39.5 Å². The molecule has 0 aliphatic heterocycles. The minimum Gasteiger partial charge on any atom is -0.409 e. The quantitative estimate of drug-likeness (QED) is 0.241. The van der Waals surface area contributed by atoms with Gasteiger partial charge in [0.05, 0.1) is 5.41 Å². The summed E-state index contributed by atoms with van der Waals surface area (Å²) in [5.41, 5.74) is 9.12. The van der Waals surface area contributed by atoms with Gasteiger partial charge in [0.25, 0.3) is 0 Å². The van der Waals surface area contributed by atoms with Crippen LogP contribution in [0, 0.1) is 10.8 Å². The molecule has 0 aromatic heterocycles. The first-order valence-electron chi connectivity index (χ1n) is 6.32. The van der Waals surface area contributed by atoms with Crippen LogP contribution in [-0.2, 0) is 9.59 Å². The molecule has 1 fully saturated rings. The Labute approximate surface area is 112 Å². The van der Waals surface area contributed by atoms with E-state index in [1.54, 1.807) is 13.8 Å². The number of carbonyl (C=O) groups excluding carboxylic acids is 2. The number of hydrogen-bond donors (Lipinski definition) is 4. The third-order valence-electron chi connectivity index (χ3n) is 3.85. The molecule has 2 amide bonds. The van der Waals surface area contributed by atoms with Crippen molar-refractivity contribution in [2.24, 2.45) is 27.5 Å². The van der Waals surface area contributed by atoms with Crippen LogP contribution in [0.3, 0.4) is 0 Å². The molecule has 0 unspecified atom stereocenters. The van der Waals surface area contributed by atoms with E-state index in [2.05, 4.69) is 10.5 Å². The topological polar surface area (TPSA) is 131 Å². The Morgan fingerprint density at radius 1 is 1.32 bits per heavy atom. The summed E-state index contributed by atoms with van der Waals surface area (Å²) < 4.78 is 0. The fourth-order valence-corrected chi connectivity index (χ4v) is 2.23. The molecule has 1 saturated carbocycles. The molecule has 0 spiro atoms. The Kier molecular flexibility index (Phi) is 4.39. The molecule has 0 aromatic rings. The summed E-state index contributed by atoms with van der Waals surface area (Å²) in [6, 6.07) is 0. The van der Waals surface area contributed by atoms with E-state index < -0.39 is 16.7 Å². The van der Waals surface area contributed by atoms with Crippen LogP contribution in [-0.4, -0.2) is 29.4 Å². The van der Waals surface area contributed by atoms with Crippen LogP contribution in [0.25, 0.3) is 0 Å². The normalized spacial score (nSPS) is 19.2. The summed E-state index contributed by atoms with van der Waals surface area (Å²) in [7, 11) is 0. The first kappa shape index (κ1) is 15.3. The molecule has 0 atom stereocenters. The maximum atomic E-state index is 12.3. The van der Waals surface area contributed by atoms with Crippen LogP contribution in [0.2, 0.25) is 0 Å². The molecule has 0 saturated heterocycles. The predicted octanol–water partition coefficient (Wildman–Crippen LogP) is -0.0791. The van der Waals surface area contributed by atoms with E-state index in [4.69, 9.17) is 16.7 Å². The number of nitrogens with two attached hydrogens (primary N) is 2. The second-order valence-corrected chi connectivity index (χ2v) is 5.71. The number of hydrogen-bond acceptors (Lipinski definition) is 4. The molecular formula is C12H22N4O3. The molecule has 0 heterocycles. The fraction of sp³-hybridized carbons (Fsp3) is 0.750. The highest BCUT2D eigenvalue weighted by Crippen LogP contribution is 2.38. The number of amides is 2. The molecule has 1 rings (SSSR count).